The predicted molar refractivity (Wildman–Crippen MR) is 126 cm³/mol. The van der Waals surface area contributed by atoms with E-state index in [1.807, 2.05) is 0 Å². The molecule has 3 aromatic carbocycles. The van der Waals surface area contributed by atoms with E-state index >= 15 is 0 Å². The Bertz CT molecular complexity index is 1210. The number of carbonyl (C=O) groups excluding carboxylic acids is 1. The minimum absolute atomic E-state index is 0.0568. The third kappa shape index (κ3) is 5.60. The quantitative estimate of drug-likeness (QED) is 0.514. The van der Waals surface area contributed by atoms with E-state index in [1.54, 1.807) is 35.2 Å². The fourth-order valence-corrected chi connectivity index (χ4v) is 5.28. The van der Waals surface area contributed by atoms with Gasteiger partial charge in [-0.3, -0.25) is 4.79 Å². The summed E-state index contributed by atoms with van der Waals surface area (Å²) < 4.78 is 54.3. The molecule has 0 saturated carbocycles. The first-order chi connectivity index (χ1) is 16.3. The molecule has 0 aliphatic carbocycles. The van der Waals surface area contributed by atoms with Gasteiger partial charge in [0.2, 0.25) is 15.9 Å². The number of piperazine rings is 1. The van der Waals surface area contributed by atoms with Crippen LogP contribution in [0.3, 0.4) is 0 Å². The summed E-state index contributed by atoms with van der Waals surface area (Å²) in [5, 5.41) is 0. The zero-order valence-electron chi connectivity index (χ0n) is 18.5. The smallest absolute Gasteiger partial charge is 0.243 e. The van der Waals surface area contributed by atoms with Crippen LogP contribution in [0.25, 0.3) is 0 Å². The van der Waals surface area contributed by atoms with Gasteiger partial charge in [-0.1, -0.05) is 30.3 Å². The van der Waals surface area contributed by atoms with E-state index in [1.165, 1.54) is 48.5 Å². The molecule has 0 spiro atoms. The van der Waals surface area contributed by atoms with Crippen molar-refractivity contribution in [2.24, 2.45) is 0 Å². The zero-order valence-corrected chi connectivity index (χ0v) is 19.3. The Hall–Kier alpha value is -3.30. The Morgan fingerprint density at radius 2 is 1.35 bits per heavy atom. The highest BCUT2D eigenvalue weighted by molar-refractivity contribution is 7.89. The molecule has 1 heterocycles. The minimum atomic E-state index is -3.95. The van der Waals surface area contributed by atoms with Crippen molar-refractivity contribution in [3.63, 3.8) is 0 Å². The molecule has 6 nitrogen and oxygen atoms in total. The average Bonchev–Trinajstić information content (AvgIpc) is 2.86. The molecule has 1 amide bonds. The van der Waals surface area contributed by atoms with E-state index in [9.17, 15) is 22.0 Å². The molecular formula is C25H25F2N3O3S. The van der Waals surface area contributed by atoms with Crippen LogP contribution < -0.4 is 4.90 Å². The summed E-state index contributed by atoms with van der Waals surface area (Å²) in [6.45, 7) is 1.57. The van der Waals surface area contributed by atoms with Crippen molar-refractivity contribution in [1.82, 2.24) is 9.21 Å². The van der Waals surface area contributed by atoms with Crippen LogP contribution in [0.5, 0.6) is 0 Å². The maximum absolute atomic E-state index is 13.3. The lowest BCUT2D eigenvalue weighted by atomic mass is 10.2. The number of rotatable bonds is 7. The van der Waals surface area contributed by atoms with Gasteiger partial charge >= 0.3 is 0 Å². The van der Waals surface area contributed by atoms with Gasteiger partial charge < -0.3 is 9.80 Å². The molecule has 0 unspecified atom stereocenters. The van der Waals surface area contributed by atoms with Gasteiger partial charge in [-0.2, -0.15) is 4.31 Å². The fraction of sp³-hybridized carbons (Fsp3) is 0.240. The molecule has 0 aromatic heterocycles. The standard InChI is InChI=1S/C25H25F2N3O3S/c26-21-8-6-20(7-9-21)18-30(34(32,33)24-4-2-1-3-5-24)19-25(31)29-16-14-28(15-17-29)23-12-10-22(27)11-13-23/h1-13H,14-19H2. The minimum Gasteiger partial charge on any atom is -0.368 e. The van der Waals surface area contributed by atoms with Crippen LogP contribution in [0, 0.1) is 11.6 Å². The van der Waals surface area contributed by atoms with Crippen molar-refractivity contribution in [3.05, 3.63) is 96.1 Å². The number of benzene rings is 3. The second-order valence-electron chi connectivity index (χ2n) is 8.06. The monoisotopic (exact) mass is 485 g/mol. The first-order valence-electron chi connectivity index (χ1n) is 10.9. The van der Waals surface area contributed by atoms with Gasteiger partial charge in [-0.15, -0.1) is 0 Å². The van der Waals surface area contributed by atoms with Crippen LogP contribution >= 0.6 is 0 Å². The zero-order chi connectivity index (χ0) is 24.1. The topological polar surface area (TPSA) is 60.9 Å². The van der Waals surface area contributed by atoms with Gasteiger partial charge in [0.1, 0.15) is 11.6 Å². The molecule has 1 aliphatic rings. The molecule has 0 radical (unpaired) electrons. The Labute approximate surface area is 198 Å². The van der Waals surface area contributed by atoms with Crippen molar-refractivity contribution in [2.45, 2.75) is 11.4 Å². The van der Waals surface area contributed by atoms with Crippen LogP contribution in [0.15, 0.2) is 83.8 Å². The maximum atomic E-state index is 13.3. The summed E-state index contributed by atoms with van der Waals surface area (Å²) in [6.07, 6.45) is 0. The third-order valence-electron chi connectivity index (χ3n) is 5.79. The molecule has 9 heteroatoms. The molecule has 1 fully saturated rings. The number of amides is 1. The first kappa shape index (κ1) is 23.8. The van der Waals surface area contributed by atoms with Crippen molar-refractivity contribution < 1.29 is 22.0 Å². The number of halogens is 2. The fourth-order valence-electron chi connectivity index (χ4n) is 3.88. The molecule has 178 valence electrons. The van der Waals surface area contributed by atoms with E-state index in [-0.39, 0.29) is 29.7 Å². The number of hydrogen-bond donors (Lipinski definition) is 0. The largest absolute Gasteiger partial charge is 0.368 e. The summed E-state index contributed by atoms with van der Waals surface area (Å²) in [4.78, 5) is 16.9. The Balaban J connectivity index is 1.48. The van der Waals surface area contributed by atoms with Crippen LogP contribution in [0.2, 0.25) is 0 Å². The predicted octanol–water partition coefficient (Wildman–Crippen LogP) is 3.50. The highest BCUT2D eigenvalue weighted by atomic mass is 32.2. The van der Waals surface area contributed by atoms with Gasteiger partial charge in [0, 0.05) is 38.4 Å². The summed E-state index contributed by atoms with van der Waals surface area (Å²) in [5.41, 5.74) is 1.45. The van der Waals surface area contributed by atoms with Crippen LogP contribution in [0.1, 0.15) is 5.56 Å². The van der Waals surface area contributed by atoms with Crippen LogP contribution in [-0.2, 0) is 21.4 Å². The summed E-state index contributed by atoms with van der Waals surface area (Å²) in [6, 6.07) is 19.7. The maximum Gasteiger partial charge on any atom is 0.243 e. The van der Waals surface area contributed by atoms with Crippen LogP contribution in [0.4, 0.5) is 14.5 Å². The van der Waals surface area contributed by atoms with Crippen molar-refractivity contribution >= 4 is 21.6 Å². The molecule has 0 bridgehead atoms. The molecule has 0 N–H and O–H groups in total. The highest BCUT2D eigenvalue weighted by Gasteiger charge is 2.30. The lowest BCUT2D eigenvalue weighted by Crippen LogP contribution is -2.51. The number of carbonyl (C=O) groups is 1. The van der Waals surface area contributed by atoms with E-state index < -0.39 is 15.8 Å². The molecule has 1 saturated heterocycles. The van der Waals surface area contributed by atoms with Crippen molar-refractivity contribution in [1.29, 1.82) is 0 Å². The van der Waals surface area contributed by atoms with E-state index in [0.717, 1.165) is 9.99 Å². The number of nitrogens with zero attached hydrogens (tertiary/aromatic N) is 3. The normalized spacial score (nSPS) is 14.4. The van der Waals surface area contributed by atoms with Gasteiger partial charge in [-0.25, -0.2) is 17.2 Å². The third-order valence-corrected chi connectivity index (χ3v) is 7.59. The Morgan fingerprint density at radius 3 is 1.94 bits per heavy atom. The molecular weight excluding hydrogens is 460 g/mol. The molecule has 4 rings (SSSR count). The number of hydrogen-bond acceptors (Lipinski definition) is 4. The molecule has 34 heavy (non-hydrogen) atoms. The van der Waals surface area contributed by atoms with E-state index in [2.05, 4.69) is 4.90 Å². The molecule has 3 aromatic rings. The summed E-state index contributed by atoms with van der Waals surface area (Å²) in [5.74, 6) is -1.03. The van der Waals surface area contributed by atoms with Gasteiger partial charge in [0.25, 0.3) is 0 Å². The lowest BCUT2D eigenvalue weighted by molar-refractivity contribution is -0.131. The average molecular weight is 486 g/mol. The van der Waals surface area contributed by atoms with Gasteiger partial charge in [0.05, 0.1) is 11.4 Å². The molecule has 0 atom stereocenters. The van der Waals surface area contributed by atoms with Crippen molar-refractivity contribution in [2.75, 3.05) is 37.6 Å². The van der Waals surface area contributed by atoms with Crippen molar-refractivity contribution in [3.8, 4) is 0 Å². The van der Waals surface area contributed by atoms with Gasteiger partial charge in [-0.05, 0) is 54.1 Å². The van der Waals surface area contributed by atoms with E-state index in [4.69, 9.17) is 0 Å². The second kappa shape index (κ2) is 10.3. The Kier molecular flexibility index (Phi) is 7.23. The Morgan fingerprint density at radius 1 is 0.794 bits per heavy atom. The molecule has 1 aliphatic heterocycles. The summed E-state index contributed by atoms with van der Waals surface area (Å²) in [7, 11) is -3.95. The number of anilines is 1. The van der Waals surface area contributed by atoms with Gasteiger partial charge in [0.15, 0.2) is 0 Å². The first-order valence-corrected chi connectivity index (χ1v) is 12.3. The number of sulfonamides is 1. The highest BCUT2D eigenvalue weighted by Crippen LogP contribution is 2.20. The summed E-state index contributed by atoms with van der Waals surface area (Å²) >= 11 is 0. The SMILES string of the molecule is O=C(CN(Cc1ccc(F)cc1)S(=O)(=O)c1ccccc1)N1CCN(c2ccc(F)cc2)CC1. The van der Waals surface area contributed by atoms with E-state index in [0.29, 0.717) is 31.7 Å². The van der Waals surface area contributed by atoms with Crippen LogP contribution in [-0.4, -0.2) is 56.3 Å². The lowest BCUT2D eigenvalue weighted by Gasteiger charge is -2.37. The second-order valence-corrected chi connectivity index (χ2v) is 9.99.